The van der Waals surface area contributed by atoms with E-state index in [1.807, 2.05) is 12.1 Å². The van der Waals surface area contributed by atoms with Crippen LogP contribution in [0.2, 0.25) is 0 Å². The highest BCUT2D eigenvalue weighted by molar-refractivity contribution is 6.47. The zero-order valence-electron chi connectivity index (χ0n) is 13.0. The normalized spacial score (nSPS) is 28.8. The first-order valence-corrected chi connectivity index (χ1v) is 8.09. The lowest BCUT2D eigenvalue weighted by molar-refractivity contribution is -0.203. The van der Waals surface area contributed by atoms with Crippen LogP contribution in [0.1, 0.15) is 24.5 Å². The average molecular weight is 330 g/mol. The van der Waals surface area contributed by atoms with Crippen LogP contribution in [0.25, 0.3) is 0 Å². The number of carbonyl (C=O) groups is 1. The van der Waals surface area contributed by atoms with Gasteiger partial charge in [-0.25, -0.2) is 4.39 Å². The smallest absolute Gasteiger partial charge is 0.276 e. The van der Waals surface area contributed by atoms with Gasteiger partial charge in [-0.2, -0.15) is 0 Å². The van der Waals surface area contributed by atoms with E-state index in [0.29, 0.717) is 17.8 Å². The molecule has 3 atom stereocenters. The lowest BCUT2D eigenvalue weighted by atomic mass is 9.86. The van der Waals surface area contributed by atoms with Gasteiger partial charge in [-0.15, -0.1) is 0 Å². The Bertz CT molecular complexity index is 727. The highest BCUT2D eigenvalue weighted by Crippen LogP contribution is 2.40. The molecule has 1 aliphatic carbocycles. The van der Waals surface area contributed by atoms with E-state index in [0.717, 1.165) is 24.9 Å². The molecule has 1 aromatic rings. The summed E-state index contributed by atoms with van der Waals surface area (Å²) in [4.78, 5) is 12.0. The van der Waals surface area contributed by atoms with Crippen molar-refractivity contribution in [3.05, 3.63) is 41.4 Å². The maximum atomic E-state index is 14.0. The minimum absolute atomic E-state index is 0.00943. The molecule has 2 aliphatic heterocycles. The maximum Gasteiger partial charge on any atom is 0.276 e. The average Bonchev–Trinajstić information content (AvgIpc) is 3.41. The third-order valence-electron chi connectivity index (χ3n) is 4.82. The predicted molar refractivity (Wildman–Crippen MR) is 87.2 cm³/mol. The molecule has 2 heterocycles. The van der Waals surface area contributed by atoms with Crippen LogP contribution >= 0.6 is 0 Å². The van der Waals surface area contributed by atoms with Crippen LogP contribution in [-0.2, 0) is 9.53 Å². The Kier molecular flexibility index (Phi) is 3.62. The molecule has 1 saturated carbocycles. The summed E-state index contributed by atoms with van der Waals surface area (Å²) in [6, 6.07) is 7.56. The fourth-order valence-electron chi connectivity index (χ4n) is 3.02. The van der Waals surface area contributed by atoms with Crippen LogP contribution < -0.4 is 16.4 Å². The number of carbonyl (C=O) groups excluding carboxylic acids is 1. The fourth-order valence-corrected chi connectivity index (χ4v) is 3.02. The quantitative estimate of drug-likeness (QED) is 0.616. The Hall–Kier alpha value is -2.25. The van der Waals surface area contributed by atoms with E-state index in [1.165, 1.54) is 0 Å². The van der Waals surface area contributed by atoms with Crippen molar-refractivity contribution in [2.45, 2.75) is 31.1 Å². The first-order chi connectivity index (χ1) is 11.5. The van der Waals surface area contributed by atoms with Gasteiger partial charge in [-0.1, -0.05) is 12.1 Å². The number of ether oxygens (including phenoxy) is 1. The number of allylic oxidation sites excluding steroid dienone is 1. The van der Waals surface area contributed by atoms with Gasteiger partial charge >= 0.3 is 0 Å². The number of hydrogen-bond acceptors (Lipinski definition) is 5. The van der Waals surface area contributed by atoms with E-state index < -0.39 is 17.4 Å². The molecule has 0 spiro atoms. The molecule has 1 amide bonds. The van der Waals surface area contributed by atoms with Crippen molar-refractivity contribution in [2.24, 2.45) is 11.7 Å². The molecule has 3 fully saturated rings. The highest BCUT2D eigenvalue weighted by atomic mass is 19.1. The van der Waals surface area contributed by atoms with Crippen molar-refractivity contribution in [1.29, 1.82) is 5.41 Å². The maximum absolute atomic E-state index is 14.0. The van der Waals surface area contributed by atoms with Gasteiger partial charge < -0.3 is 21.1 Å². The molecule has 0 aromatic heterocycles. The zero-order chi connectivity index (χ0) is 16.8. The molecular formula is C17H19FN4O2. The second-order valence-electron chi connectivity index (χ2n) is 6.52. The zero-order valence-corrected chi connectivity index (χ0v) is 13.0. The minimum atomic E-state index is -0.920. The number of nitrogens with two attached hydrogens (primary N) is 1. The molecule has 4 rings (SSSR count). The standard InChI is InChI=1S/C17H19FN4O2/c18-12(13(19)8-1-2-8)14(20)17(23)22-10-5-3-9(4-6-10)16-15-11(24-16)7-21-15/h3-6,8,11,15-16,20-21H,1-2,7,19H2,(H,22,23)/t11?,15-,16+/m1/s1. The molecular weight excluding hydrogens is 311 g/mol. The fraction of sp³-hybridized carbons (Fsp3) is 0.412. The summed E-state index contributed by atoms with van der Waals surface area (Å²) in [5.41, 5.74) is 6.44. The van der Waals surface area contributed by atoms with Crippen LogP contribution in [0.4, 0.5) is 10.1 Å². The molecule has 0 radical (unpaired) electrons. The number of morpholine rings is 1. The van der Waals surface area contributed by atoms with Crippen molar-refractivity contribution in [1.82, 2.24) is 5.32 Å². The van der Waals surface area contributed by atoms with Crippen LogP contribution in [0, 0.1) is 11.3 Å². The number of anilines is 1. The Balaban J connectivity index is 1.38. The first-order valence-electron chi connectivity index (χ1n) is 8.09. The van der Waals surface area contributed by atoms with Gasteiger partial charge in [0.15, 0.2) is 11.5 Å². The van der Waals surface area contributed by atoms with Gasteiger partial charge in [0.2, 0.25) is 0 Å². The van der Waals surface area contributed by atoms with Crippen molar-refractivity contribution in [2.75, 3.05) is 11.9 Å². The molecule has 1 aromatic carbocycles. The van der Waals surface area contributed by atoms with Gasteiger partial charge in [0.1, 0.15) is 6.10 Å². The van der Waals surface area contributed by atoms with Crippen LogP contribution in [0.15, 0.2) is 35.8 Å². The van der Waals surface area contributed by atoms with Crippen LogP contribution in [-0.4, -0.2) is 30.3 Å². The first kappa shape index (κ1) is 15.3. The molecule has 2 saturated heterocycles. The number of nitrogens with one attached hydrogen (secondary N) is 3. The monoisotopic (exact) mass is 330 g/mol. The molecule has 126 valence electrons. The van der Waals surface area contributed by atoms with E-state index in [2.05, 4.69) is 10.6 Å². The molecule has 24 heavy (non-hydrogen) atoms. The predicted octanol–water partition coefficient (Wildman–Crippen LogP) is 1.61. The van der Waals surface area contributed by atoms with Gasteiger partial charge in [0.25, 0.3) is 5.91 Å². The number of benzene rings is 1. The summed E-state index contributed by atoms with van der Waals surface area (Å²) in [6.45, 7) is 0.903. The summed E-state index contributed by atoms with van der Waals surface area (Å²) < 4.78 is 19.7. The summed E-state index contributed by atoms with van der Waals surface area (Å²) >= 11 is 0. The minimum Gasteiger partial charge on any atom is -0.399 e. The SMILES string of the molecule is N=C(C(=O)Nc1ccc([C@@H]2OC3CN[C@H]32)cc1)C(F)=C(N)C1CC1. The number of rotatable bonds is 5. The lowest BCUT2D eigenvalue weighted by Gasteiger charge is -2.53. The van der Waals surface area contributed by atoms with Crippen molar-refractivity contribution in [3.63, 3.8) is 0 Å². The molecule has 0 bridgehead atoms. The molecule has 7 heteroatoms. The van der Waals surface area contributed by atoms with E-state index in [4.69, 9.17) is 15.9 Å². The number of fused-ring (bicyclic) bond motifs is 1. The molecule has 3 aliphatic rings. The van der Waals surface area contributed by atoms with Gasteiger partial charge in [0.05, 0.1) is 12.1 Å². The van der Waals surface area contributed by atoms with Crippen LogP contribution in [0.5, 0.6) is 0 Å². The van der Waals surface area contributed by atoms with E-state index in [9.17, 15) is 9.18 Å². The van der Waals surface area contributed by atoms with Gasteiger partial charge in [-0.3, -0.25) is 10.2 Å². The Labute approximate surface area is 138 Å². The Morgan fingerprint density at radius 2 is 2.04 bits per heavy atom. The third kappa shape index (κ3) is 2.59. The summed E-state index contributed by atoms with van der Waals surface area (Å²) in [6.07, 6.45) is 2.00. The number of hydrogen-bond donors (Lipinski definition) is 4. The molecule has 5 N–H and O–H groups in total. The van der Waals surface area contributed by atoms with E-state index in [1.54, 1.807) is 12.1 Å². The van der Waals surface area contributed by atoms with Crippen LogP contribution in [0.3, 0.4) is 0 Å². The molecule has 6 nitrogen and oxygen atoms in total. The summed E-state index contributed by atoms with van der Waals surface area (Å²) in [7, 11) is 0. The van der Waals surface area contributed by atoms with Crippen molar-refractivity contribution < 1.29 is 13.9 Å². The van der Waals surface area contributed by atoms with Gasteiger partial charge in [-0.05, 0) is 30.5 Å². The number of amides is 1. The summed E-state index contributed by atoms with van der Waals surface area (Å²) in [5.74, 6) is -1.75. The highest BCUT2D eigenvalue weighted by Gasteiger charge is 2.49. The third-order valence-corrected chi connectivity index (χ3v) is 4.82. The second kappa shape index (κ2) is 5.68. The topological polar surface area (TPSA) is 100 Å². The second-order valence-corrected chi connectivity index (χ2v) is 6.52. The van der Waals surface area contributed by atoms with Gasteiger partial charge in [0, 0.05) is 23.8 Å². The largest absolute Gasteiger partial charge is 0.399 e. The lowest BCUT2D eigenvalue weighted by Crippen LogP contribution is -2.69. The van der Waals surface area contributed by atoms with E-state index >= 15 is 0 Å². The number of halogens is 1. The van der Waals surface area contributed by atoms with Crippen molar-refractivity contribution >= 4 is 17.3 Å². The molecule has 1 unspecified atom stereocenters. The summed E-state index contributed by atoms with van der Waals surface area (Å²) in [5, 5.41) is 13.5. The van der Waals surface area contributed by atoms with Crippen molar-refractivity contribution in [3.8, 4) is 0 Å². The Morgan fingerprint density at radius 1 is 1.33 bits per heavy atom. The van der Waals surface area contributed by atoms with E-state index in [-0.39, 0.29) is 17.7 Å². The Morgan fingerprint density at radius 3 is 2.54 bits per heavy atom.